The average molecular weight is 164 g/mol. The van der Waals surface area contributed by atoms with Crippen LogP contribution in [0.15, 0.2) is 18.2 Å². The topological polar surface area (TPSA) is 49.8 Å². The number of hydrogen-bond donors (Lipinski definition) is 1. The molecule has 0 aliphatic rings. The van der Waals surface area contributed by atoms with Gasteiger partial charge in [-0.15, -0.1) is 0 Å². The Morgan fingerprint density at radius 3 is 2.75 bits per heavy atom. The lowest BCUT2D eigenvalue weighted by molar-refractivity contribution is 0.625. The number of nitriles is 1. The Morgan fingerprint density at radius 2 is 2.25 bits per heavy atom. The Labute approximate surface area is 70.4 Å². The van der Waals surface area contributed by atoms with Gasteiger partial charge in [-0.2, -0.15) is 5.26 Å². The van der Waals surface area contributed by atoms with Crippen LogP contribution in [0.4, 0.5) is 4.39 Å². The van der Waals surface area contributed by atoms with E-state index in [1.54, 1.807) is 13.0 Å². The highest BCUT2D eigenvalue weighted by Gasteiger charge is 2.07. The standard InChI is InChI=1S/C9H9FN2/c1-6-4-7(10)2-3-8(6)9(12)5-11/h2-4,9H,12H2,1H3/t9-/m0/s1. The summed E-state index contributed by atoms with van der Waals surface area (Å²) in [6.07, 6.45) is 0. The summed E-state index contributed by atoms with van der Waals surface area (Å²) in [7, 11) is 0. The van der Waals surface area contributed by atoms with Crippen LogP contribution in [-0.2, 0) is 0 Å². The van der Waals surface area contributed by atoms with Gasteiger partial charge in [0.25, 0.3) is 0 Å². The molecule has 2 N–H and O–H groups in total. The van der Waals surface area contributed by atoms with Gasteiger partial charge in [-0.25, -0.2) is 4.39 Å². The predicted octanol–water partition coefficient (Wildman–Crippen LogP) is 1.66. The molecule has 0 spiro atoms. The molecule has 0 amide bonds. The van der Waals surface area contributed by atoms with Crippen LogP contribution >= 0.6 is 0 Å². The summed E-state index contributed by atoms with van der Waals surface area (Å²) in [4.78, 5) is 0. The molecule has 0 saturated heterocycles. The smallest absolute Gasteiger partial charge is 0.123 e. The zero-order chi connectivity index (χ0) is 9.14. The van der Waals surface area contributed by atoms with Gasteiger partial charge < -0.3 is 5.73 Å². The predicted molar refractivity (Wildman–Crippen MR) is 43.7 cm³/mol. The van der Waals surface area contributed by atoms with Gasteiger partial charge in [0.05, 0.1) is 6.07 Å². The number of nitrogens with zero attached hydrogens (tertiary/aromatic N) is 1. The number of aryl methyl sites for hydroxylation is 1. The molecule has 2 nitrogen and oxygen atoms in total. The van der Waals surface area contributed by atoms with Crippen molar-refractivity contribution in [2.24, 2.45) is 5.73 Å². The number of rotatable bonds is 1. The highest BCUT2D eigenvalue weighted by molar-refractivity contribution is 5.32. The summed E-state index contributed by atoms with van der Waals surface area (Å²) in [6, 6.07) is 5.45. The normalized spacial score (nSPS) is 12.2. The molecule has 1 atom stereocenters. The van der Waals surface area contributed by atoms with E-state index in [0.717, 1.165) is 0 Å². The minimum atomic E-state index is -0.661. The molecule has 1 aromatic rings. The van der Waals surface area contributed by atoms with Crippen molar-refractivity contribution in [1.82, 2.24) is 0 Å². The highest BCUT2D eigenvalue weighted by Crippen LogP contribution is 2.15. The lowest BCUT2D eigenvalue weighted by Gasteiger charge is -2.06. The Balaban J connectivity index is 3.11. The molecule has 0 aliphatic carbocycles. The Kier molecular flexibility index (Phi) is 2.41. The van der Waals surface area contributed by atoms with Crippen molar-refractivity contribution in [3.8, 4) is 6.07 Å². The first-order valence-electron chi connectivity index (χ1n) is 3.56. The molecule has 3 heteroatoms. The van der Waals surface area contributed by atoms with Crippen molar-refractivity contribution < 1.29 is 4.39 Å². The summed E-state index contributed by atoms with van der Waals surface area (Å²) < 4.78 is 12.6. The number of hydrogen-bond acceptors (Lipinski definition) is 2. The molecule has 0 radical (unpaired) electrons. The van der Waals surface area contributed by atoms with Gasteiger partial charge in [-0.1, -0.05) is 6.07 Å². The van der Waals surface area contributed by atoms with Crippen LogP contribution in [0.25, 0.3) is 0 Å². The van der Waals surface area contributed by atoms with E-state index in [1.807, 2.05) is 6.07 Å². The fraction of sp³-hybridized carbons (Fsp3) is 0.222. The third-order valence-electron chi connectivity index (χ3n) is 1.71. The molecule has 0 aliphatic heterocycles. The van der Waals surface area contributed by atoms with E-state index in [-0.39, 0.29) is 5.82 Å². The minimum absolute atomic E-state index is 0.304. The van der Waals surface area contributed by atoms with Crippen molar-refractivity contribution in [3.05, 3.63) is 35.1 Å². The quantitative estimate of drug-likeness (QED) is 0.686. The van der Waals surface area contributed by atoms with Crippen molar-refractivity contribution in [1.29, 1.82) is 5.26 Å². The third-order valence-corrected chi connectivity index (χ3v) is 1.71. The number of benzene rings is 1. The summed E-state index contributed by atoms with van der Waals surface area (Å²) in [5.74, 6) is -0.304. The third kappa shape index (κ3) is 1.60. The second kappa shape index (κ2) is 3.33. The molecule has 0 unspecified atom stereocenters. The van der Waals surface area contributed by atoms with Crippen LogP contribution < -0.4 is 5.73 Å². The molecule has 1 rings (SSSR count). The molecule has 0 bridgehead atoms. The Bertz CT molecular complexity index is 328. The van der Waals surface area contributed by atoms with Gasteiger partial charge in [-0.05, 0) is 30.2 Å². The van der Waals surface area contributed by atoms with Gasteiger partial charge in [-0.3, -0.25) is 0 Å². The summed E-state index contributed by atoms with van der Waals surface area (Å²) in [6.45, 7) is 1.73. The summed E-state index contributed by atoms with van der Waals surface area (Å²) in [5.41, 5.74) is 6.85. The molecule has 0 heterocycles. The first kappa shape index (κ1) is 8.69. The lowest BCUT2D eigenvalue weighted by atomic mass is 10.0. The molecule has 12 heavy (non-hydrogen) atoms. The van der Waals surface area contributed by atoms with Crippen molar-refractivity contribution in [2.75, 3.05) is 0 Å². The van der Waals surface area contributed by atoms with Crippen LogP contribution in [0.3, 0.4) is 0 Å². The Morgan fingerprint density at radius 1 is 1.58 bits per heavy atom. The first-order valence-corrected chi connectivity index (χ1v) is 3.56. The zero-order valence-corrected chi connectivity index (χ0v) is 6.71. The van der Waals surface area contributed by atoms with Gasteiger partial charge in [0.15, 0.2) is 0 Å². The van der Waals surface area contributed by atoms with Gasteiger partial charge in [0, 0.05) is 0 Å². The highest BCUT2D eigenvalue weighted by atomic mass is 19.1. The fourth-order valence-corrected chi connectivity index (χ4v) is 1.06. The fourth-order valence-electron chi connectivity index (χ4n) is 1.06. The molecule has 1 aromatic carbocycles. The van der Waals surface area contributed by atoms with Crippen molar-refractivity contribution in [3.63, 3.8) is 0 Å². The van der Waals surface area contributed by atoms with Gasteiger partial charge in [0.2, 0.25) is 0 Å². The van der Waals surface area contributed by atoms with E-state index in [1.165, 1.54) is 12.1 Å². The van der Waals surface area contributed by atoms with Gasteiger partial charge in [0.1, 0.15) is 11.9 Å². The van der Waals surface area contributed by atoms with Gasteiger partial charge >= 0.3 is 0 Å². The molecular formula is C9H9FN2. The van der Waals surface area contributed by atoms with Crippen LogP contribution in [0, 0.1) is 24.1 Å². The van der Waals surface area contributed by atoms with Crippen molar-refractivity contribution >= 4 is 0 Å². The number of halogens is 1. The maximum atomic E-state index is 12.6. The second-order valence-corrected chi connectivity index (χ2v) is 2.61. The second-order valence-electron chi connectivity index (χ2n) is 2.61. The summed E-state index contributed by atoms with van der Waals surface area (Å²) in [5, 5.41) is 8.51. The molecular weight excluding hydrogens is 155 g/mol. The van der Waals surface area contributed by atoms with E-state index < -0.39 is 6.04 Å². The number of nitrogens with two attached hydrogens (primary N) is 1. The molecule has 62 valence electrons. The largest absolute Gasteiger partial charge is 0.312 e. The van der Waals surface area contributed by atoms with Crippen LogP contribution in [0.1, 0.15) is 17.2 Å². The van der Waals surface area contributed by atoms with E-state index in [4.69, 9.17) is 11.0 Å². The van der Waals surface area contributed by atoms with E-state index in [2.05, 4.69) is 0 Å². The SMILES string of the molecule is Cc1cc(F)ccc1[C@@H](N)C#N. The van der Waals surface area contributed by atoms with Crippen LogP contribution in [0.2, 0.25) is 0 Å². The monoisotopic (exact) mass is 164 g/mol. The molecule has 0 fully saturated rings. The van der Waals surface area contributed by atoms with Crippen LogP contribution in [0.5, 0.6) is 0 Å². The lowest BCUT2D eigenvalue weighted by Crippen LogP contribution is -2.08. The van der Waals surface area contributed by atoms with Crippen molar-refractivity contribution in [2.45, 2.75) is 13.0 Å². The van der Waals surface area contributed by atoms with E-state index in [0.29, 0.717) is 11.1 Å². The summed E-state index contributed by atoms with van der Waals surface area (Å²) >= 11 is 0. The van der Waals surface area contributed by atoms with E-state index in [9.17, 15) is 4.39 Å². The maximum Gasteiger partial charge on any atom is 0.123 e. The molecule has 0 aromatic heterocycles. The molecule has 0 saturated carbocycles. The van der Waals surface area contributed by atoms with E-state index >= 15 is 0 Å². The minimum Gasteiger partial charge on any atom is -0.312 e. The Hall–Kier alpha value is -1.40. The van der Waals surface area contributed by atoms with Crippen LogP contribution in [-0.4, -0.2) is 0 Å². The average Bonchev–Trinajstić information content (AvgIpc) is 2.03. The maximum absolute atomic E-state index is 12.6. The zero-order valence-electron chi connectivity index (χ0n) is 6.71. The first-order chi connectivity index (χ1) is 5.65.